The Morgan fingerprint density at radius 3 is 2.35 bits per heavy atom. The molecule has 3 rings (SSSR count). The molecule has 0 radical (unpaired) electrons. The first kappa shape index (κ1) is 18.0. The lowest BCUT2D eigenvalue weighted by Gasteiger charge is -2.12. The van der Waals surface area contributed by atoms with Crippen molar-refractivity contribution < 1.29 is 14.3 Å². The van der Waals surface area contributed by atoms with Crippen LogP contribution in [0, 0.1) is 12.8 Å². The molecule has 0 aliphatic heterocycles. The van der Waals surface area contributed by atoms with E-state index in [4.69, 9.17) is 4.74 Å². The van der Waals surface area contributed by atoms with Gasteiger partial charge in [-0.05, 0) is 75.6 Å². The molecular formula is C21H24N2O3. The van der Waals surface area contributed by atoms with E-state index in [1.807, 2.05) is 32.9 Å². The molecule has 0 spiro atoms. The van der Waals surface area contributed by atoms with Crippen LogP contribution in [0.15, 0.2) is 42.5 Å². The van der Waals surface area contributed by atoms with E-state index in [9.17, 15) is 9.59 Å². The van der Waals surface area contributed by atoms with Crippen molar-refractivity contribution in [1.82, 2.24) is 0 Å². The van der Waals surface area contributed by atoms with Crippen molar-refractivity contribution in [3.8, 4) is 5.75 Å². The Labute approximate surface area is 153 Å². The molecule has 0 aromatic heterocycles. The Hall–Kier alpha value is -2.82. The number of anilines is 2. The Bertz CT molecular complexity index is 809. The van der Waals surface area contributed by atoms with Crippen molar-refractivity contribution in [2.75, 3.05) is 10.6 Å². The van der Waals surface area contributed by atoms with Crippen LogP contribution in [0.5, 0.6) is 5.75 Å². The molecule has 5 heteroatoms. The van der Waals surface area contributed by atoms with Gasteiger partial charge in [0.05, 0.1) is 6.10 Å². The van der Waals surface area contributed by atoms with Gasteiger partial charge in [-0.1, -0.05) is 6.07 Å². The fourth-order valence-electron chi connectivity index (χ4n) is 2.58. The summed E-state index contributed by atoms with van der Waals surface area (Å²) in [6.45, 7) is 5.84. The summed E-state index contributed by atoms with van der Waals surface area (Å²) in [6.07, 6.45) is 2.00. The number of carbonyl (C=O) groups excluding carboxylic acids is 2. The third kappa shape index (κ3) is 4.63. The molecule has 136 valence electrons. The maximum Gasteiger partial charge on any atom is 0.255 e. The lowest BCUT2D eigenvalue weighted by atomic mass is 10.1. The molecule has 1 aliphatic carbocycles. The van der Waals surface area contributed by atoms with Crippen LogP contribution in [0.2, 0.25) is 0 Å². The first-order chi connectivity index (χ1) is 12.4. The third-order valence-electron chi connectivity index (χ3n) is 4.19. The first-order valence-electron chi connectivity index (χ1n) is 8.92. The largest absolute Gasteiger partial charge is 0.491 e. The minimum absolute atomic E-state index is 0.0531. The molecule has 5 nitrogen and oxygen atoms in total. The smallest absolute Gasteiger partial charge is 0.255 e. The predicted octanol–water partition coefficient (Wildman–Crippen LogP) is 4.38. The molecule has 0 unspecified atom stereocenters. The van der Waals surface area contributed by atoms with Crippen molar-refractivity contribution in [2.45, 2.75) is 39.7 Å². The zero-order valence-corrected chi connectivity index (χ0v) is 15.3. The van der Waals surface area contributed by atoms with Gasteiger partial charge < -0.3 is 15.4 Å². The summed E-state index contributed by atoms with van der Waals surface area (Å²) in [5.41, 5.74) is 2.90. The van der Waals surface area contributed by atoms with Crippen LogP contribution in [-0.2, 0) is 4.79 Å². The van der Waals surface area contributed by atoms with Gasteiger partial charge in [0.25, 0.3) is 5.91 Å². The highest BCUT2D eigenvalue weighted by Crippen LogP contribution is 2.31. The molecule has 0 saturated heterocycles. The van der Waals surface area contributed by atoms with Gasteiger partial charge in [0.2, 0.25) is 5.91 Å². The summed E-state index contributed by atoms with van der Waals surface area (Å²) in [4.78, 5) is 24.4. The number of rotatable bonds is 6. The third-order valence-corrected chi connectivity index (χ3v) is 4.19. The molecule has 2 aromatic rings. The van der Waals surface area contributed by atoms with E-state index < -0.39 is 0 Å². The summed E-state index contributed by atoms with van der Waals surface area (Å²) in [5, 5.41) is 5.82. The van der Waals surface area contributed by atoms with Crippen LogP contribution in [0.3, 0.4) is 0 Å². The second-order valence-corrected chi connectivity index (χ2v) is 6.94. The van der Waals surface area contributed by atoms with Gasteiger partial charge in [-0.3, -0.25) is 9.59 Å². The van der Waals surface area contributed by atoms with E-state index in [0.717, 1.165) is 29.8 Å². The average molecular weight is 352 g/mol. The molecular weight excluding hydrogens is 328 g/mol. The SMILES string of the molecule is Cc1ccc(NC(=O)c2ccc(OC(C)C)cc2)cc1NC(=O)C1CC1. The number of benzene rings is 2. The highest BCUT2D eigenvalue weighted by molar-refractivity contribution is 6.05. The van der Waals surface area contributed by atoms with Gasteiger partial charge in [0.1, 0.15) is 5.75 Å². The summed E-state index contributed by atoms with van der Waals surface area (Å²) in [7, 11) is 0. The molecule has 26 heavy (non-hydrogen) atoms. The van der Waals surface area contributed by atoms with Crippen molar-refractivity contribution >= 4 is 23.2 Å². The standard InChI is InChI=1S/C21H24N2O3/c1-13(2)26-18-10-7-16(8-11-18)20(24)22-17-9-4-14(3)19(12-17)23-21(25)15-5-6-15/h4,7-13,15H,5-6H2,1-3H3,(H,22,24)(H,23,25). The van der Waals surface area contributed by atoms with E-state index in [1.54, 1.807) is 30.3 Å². The Morgan fingerprint density at radius 1 is 1.04 bits per heavy atom. The molecule has 0 atom stereocenters. The van der Waals surface area contributed by atoms with Crippen LogP contribution in [0.4, 0.5) is 11.4 Å². The fourth-order valence-corrected chi connectivity index (χ4v) is 2.58. The molecule has 0 bridgehead atoms. The monoisotopic (exact) mass is 352 g/mol. The lowest BCUT2D eigenvalue weighted by Crippen LogP contribution is -2.15. The van der Waals surface area contributed by atoms with Crippen molar-refractivity contribution in [3.05, 3.63) is 53.6 Å². The molecule has 1 saturated carbocycles. The van der Waals surface area contributed by atoms with E-state index in [2.05, 4.69) is 10.6 Å². The van der Waals surface area contributed by atoms with Crippen LogP contribution in [0.25, 0.3) is 0 Å². The van der Waals surface area contributed by atoms with Crippen LogP contribution in [0.1, 0.15) is 42.6 Å². The highest BCUT2D eigenvalue weighted by Gasteiger charge is 2.29. The summed E-state index contributed by atoms with van der Waals surface area (Å²) in [5.74, 6) is 0.720. The van der Waals surface area contributed by atoms with Gasteiger partial charge in [0, 0.05) is 22.9 Å². The molecule has 2 N–H and O–H groups in total. The number of carbonyl (C=O) groups is 2. The minimum atomic E-state index is -0.204. The van der Waals surface area contributed by atoms with Crippen molar-refractivity contribution in [1.29, 1.82) is 0 Å². The molecule has 0 heterocycles. The van der Waals surface area contributed by atoms with E-state index in [1.165, 1.54) is 0 Å². The van der Waals surface area contributed by atoms with Crippen LogP contribution >= 0.6 is 0 Å². The summed E-state index contributed by atoms with van der Waals surface area (Å²) < 4.78 is 5.59. The van der Waals surface area contributed by atoms with Gasteiger partial charge >= 0.3 is 0 Å². The maximum atomic E-state index is 12.4. The summed E-state index contributed by atoms with van der Waals surface area (Å²) in [6, 6.07) is 12.5. The average Bonchev–Trinajstić information content (AvgIpc) is 3.43. The fraction of sp³-hybridized carbons (Fsp3) is 0.333. The second kappa shape index (κ2) is 7.60. The molecule has 2 aromatic carbocycles. The van der Waals surface area contributed by atoms with Crippen LogP contribution < -0.4 is 15.4 Å². The van der Waals surface area contributed by atoms with Gasteiger partial charge in [-0.15, -0.1) is 0 Å². The second-order valence-electron chi connectivity index (χ2n) is 6.94. The van der Waals surface area contributed by atoms with Gasteiger partial charge in [-0.25, -0.2) is 0 Å². The lowest BCUT2D eigenvalue weighted by molar-refractivity contribution is -0.117. The topological polar surface area (TPSA) is 67.4 Å². The van der Waals surface area contributed by atoms with Gasteiger partial charge in [0.15, 0.2) is 0 Å². The predicted molar refractivity (Wildman–Crippen MR) is 103 cm³/mol. The number of nitrogens with one attached hydrogen (secondary N) is 2. The molecule has 1 fully saturated rings. The Kier molecular flexibility index (Phi) is 5.26. The number of aryl methyl sites for hydroxylation is 1. The minimum Gasteiger partial charge on any atom is -0.491 e. The Morgan fingerprint density at radius 2 is 1.73 bits per heavy atom. The van der Waals surface area contributed by atoms with E-state index in [-0.39, 0.29) is 23.8 Å². The number of ether oxygens (including phenoxy) is 1. The number of amides is 2. The van der Waals surface area contributed by atoms with E-state index in [0.29, 0.717) is 11.3 Å². The normalized spacial score (nSPS) is 13.4. The zero-order valence-electron chi connectivity index (χ0n) is 15.3. The molecule has 2 amide bonds. The maximum absolute atomic E-state index is 12.4. The highest BCUT2D eigenvalue weighted by atomic mass is 16.5. The number of hydrogen-bond donors (Lipinski definition) is 2. The van der Waals surface area contributed by atoms with Crippen LogP contribution in [-0.4, -0.2) is 17.9 Å². The number of hydrogen-bond acceptors (Lipinski definition) is 3. The van der Waals surface area contributed by atoms with Crippen molar-refractivity contribution in [2.24, 2.45) is 5.92 Å². The Balaban J connectivity index is 1.67. The van der Waals surface area contributed by atoms with Crippen molar-refractivity contribution in [3.63, 3.8) is 0 Å². The zero-order chi connectivity index (χ0) is 18.7. The quantitative estimate of drug-likeness (QED) is 0.810. The van der Waals surface area contributed by atoms with E-state index >= 15 is 0 Å². The first-order valence-corrected chi connectivity index (χ1v) is 8.92. The van der Waals surface area contributed by atoms with Gasteiger partial charge in [-0.2, -0.15) is 0 Å². The summed E-state index contributed by atoms with van der Waals surface area (Å²) >= 11 is 0. The molecule has 1 aliphatic rings.